The summed E-state index contributed by atoms with van der Waals surface area (Å²) >= 11 is 8.11. The second kappa shape index (κ2) is 7.52. The first kappa shape index (κ1) is 16.6. The molecule has 3 aromatic carbocycles. The molecule has 3 heteroatoms. The molecule has 0 unspecified atom stereocenters. The summed E-state index contributed by atoms with van der Waals surface area (Å²) in [6.45, 7) is 4.22. The van der Waals surface area contributed by atoms with Gasteiger partial charge < -0.3 is 0 Å². The summed E-state index contributed by atoms with van der Waals surface area (Å²) in [5.74, 6) is 0. The smallest absolute Gasteiger partial charge is 0.0144 e. The summed E-state index contributed by atoms with van der Waals surface area (Å²) in [5, 5.41) is 0. The Kier molecular flexibility index (Phi) is 5.42. The number of hydrogen-bond donors (Lipinski definition) is 1. The van der Waals surface area contributed by atoms with Crippen LogP contribution in [0.25, 0.3) is 0 Å². The molecule has 3 aromatic rings. The molecule has 0 aliphatic carbocycles. The summed E-state index contributed by atoms with van der Waals surface area (Å²) in [5.41, 5.74) is 2.57. The summed E-state index contributed by atoms with van der Waals surface area (Å²) < 4.78 is 0. The van der Waals surface area contributed by atoms with E-state index in [2.05, 4.69) is 93.2 Å². The Morgan fingerprint density at radius 2 is 0.957 bits per heavy atom. The highest BCUT2D eigenvalue weighted by molar-refractivity contribution is 8.00. The fourth-order valence-electron chi connectivity index (χ4n) is 2.16. The SMILES string of the molecule is Cc1ccc(Sc2cc(S)cc(Sc3ccc(C)cc3)c2)cc1. The number of thiol groups is 1. The van der Waals surface area contributed by atoms with Crippen molar-refractivity contribution in [2.24, 2.45) is 0 Å². The fourth-order valence-corrected chi connectivity index (χ4v) is 4.52. The van der Waals surface area contributed by atoms with Crippen LogP contribution in [-0.4, -0.2) is 0 Å². The monoisotopic (exact) mass is 354 g/mol. The van der Waals surface area contributed by atoms with Crippen LogP contribution in [-0.2, 0) is 0 Å². The van der Waals surface area contributed by atoms with E-state index >= 15 is 0 Å². The maximum absolute atomic E-state index is 4.56. The molecule has 0 aliphatic heterocycles. The molecule has 0 saturated heterocycles. The first-order valence-electron chi connectivity index (χ1n) is 7.41. The second-order valence-electron chi connectivity index (χ2n) is 5.49. The average molecular weight is 355 g/mol. The van der Waals surface area contributed by atoms with Crippen molar-refractivity contribution in [3.63, 3.8) is 0 Å². The third-order valence-electron chi connectivity index (χ3n) is 3.38. The highest BCUT2D eigenvalue weighted by atomic mass is 32.2. The van der Waals surface area contributed by atoms with Crippen molar-refractivity contribution in [1.29, 1.82) is 0 Å². The lowest BCUT2D eigenvalue weighted by Crippen LogP contribution is -1.80. The first-order chi connectivity index (χ1) is 11.1. The molecule has 0 saturated carbocycles. The summed E-state index contributed by atoms with van der Waals surface area (Å²) in [4.78, 5) is 5.94. The number of aryl methyl sites for hydroxylation is 2. The van der Waals surface area contributed by atoms with Gasteiger partial charge >= 0.3 is 0 Å². The van der Waals surface area contributed by atoms with Gasteiger partial charge in [0.15, 0.2) is 0 Å². The number of rotatable bonds is 4. The molecule has 0 heterocycles. The van der Waals surface area contributed by atoms with Gasteiger partial charge in [-0.1, -0.05) is 58.9 Å². The van der Waals surface area contributed by atoms with Crippen LogP contribution in [0.3, 0.4) is 0 Å². The van der Waals surface area contributed by atoms with Crippen molar-refractivity contribution in [2.75, 3.05) is 0 Å². The van der Waals surface area contributed by atoms with Crippen LogP contribution in [0.2, 0.25) is 0 Å². The van der Waals surface area contributed by atoms with Gasteiger partial charge in [-0.25, -0.2) is 0 Å². The molecule has 116 valence electrons. The lowest BCUT2D eigenvalue weighted by atomic mass is 10.2. The number of benzene rings is 3. The predicted molar refractivity (Wildman–Crippen MR) is 104 cm³/mol. The Balaban J connectivity index is 1.81. The maximum atomic E-state index is 4.56. The highest BCUT2D eigenvalue weighted by Crippen LogP contribution is 2.35. The molecule has 0 nitrogen and oxygen atoms in total. The first-order valence-corrected chi connectivity index (χ1v) is 9.50. The molecule has 0 bridgehead atoms. The molecule has 3 rings (SSSR count). The lowest BCUT2D eigenvalue weighted by molar-refractivity contribution is 1.23. The van der Waals surface area contributed by atoms with E-state index in [-0.39, 0.29) is 0 Å². The molecule has 0 aliphatic rings. The van der Waals surface area contributed by atoms with Crippen LogP contribution in [0, 0.1) is 13.8 Å². The zero-order chi connectivity index (χ0) is 16.2. The van der Waals surface area contributed by atoms with Crippen LogP contribution < -0.4 is 0 Å². The molecule has 0 aromatic heterocycles. The van der Waals surface area contributed by atoms with E-state index in [0.717, 1.165) is 4.90 Å². The fraction of sp³-hybridized carbons (Fsp3) is 0.100. The van der Waals surface area contributed by atoms with E-state index in [0.29, 0.717) is 0 Å². The maximum Gasteiger partial charge on any atom is 0.0144 e. The summed E-state index contributed by atoms with van der Waals surface area (Å²) in [7, 11) is 0. The van der Waals surface area contributed by atoms with Gasteiger partial charge in [-0.05, 0) is 56.3 Å². The molecule has 0 radical (unpaired) electrons. The van der Waals surface area contributed by atoms with E-state index in [1.165, 1.54) is 30.7 Å². The normalized spacial score (nSPS) is 10.7. The van der Waals surface area contributed by atoms with E-state index in [1.54, 1.807) is 23.5 Å². The van der Waals surface area contributed by atoms with E-state index in [1.807, 2.05) is 0 Å². The molecule has 23 heavy (non-hydrogen) atoms. The van der Waals surface area contributed by atoms with E-state index in [4.69, 9.17) is 0 Å². The largest absolute Gasteiger partial charge is 0.143 e. The molecule has 0 atom stereocenters. The second-order valence-corrected chi connectivity index (χ2v) is 8.30. The minimum Gasteiger partial charge on any atom is -0.143 e. The Morgan fingerprint density at radius 3 is 1.35 bits per heavy atom. The highest BCUT2D eigenvalue weighted by Gasteiger charge is 2.04. The third kappa shape index (κ3) is 4.84. The molecule has 0 fully saturated rings. The summed E-state index contributed by atoms with van der Waals surface area (Å²) in [6.07, 6.45) is 0. The predicted octanol–water partition coefficient (Wildman–Crippen LogP) is 6.89. The van der Waals surface area contributed by atoms with Gasteiger partial charge in [0.25, 0.3) is 0 Å². The van der Waals surface area contributed by atoms with Crippen molar-refractivity contribution in [2.45, 2.75) is 38.3 Å². The minimum atomic E-state index is 0.997. The van der Waals surface area contributed by atoms with Crippen LogP contribution in [0.1, 0.15) is 11.1 Å². The van der Waals surface area contributed by atoms with Crippen molar-refractivity contribution < 1.29 is 0 Å². The zero-order valence-electron chi connectivity index (χ0n) is 13.1. The van der Waals surface area contributed by atoms with E-state index in [9.17, 15) is 0 Å². The van der Waals surface area contributed by atoms with Crippen molar-refractivity contribution in [3.8, 4) is 0 Å². The van der Waals surface area contributed by atoms with Gasteiger partial charge in [0.2, 0.25) is 0 Å². The Bertz CT molecular complexity index is 724. The Hall–Kier alpha value is -1.29. The van der Waals surface area contributed by atoms with Crippen molar-refractivity contribution in [1.82, 2.24) is 0 Å². The van der Waals surface area contributed by atoms with Gasteiger partial charge in [-0.15, -0.1) is 12.6 Å². The van der Waals surface area contributed by atoms with E-state index < -0.39 is 0 Å². The molecule has 0 amide bonds. The zero-order valence-corrected chi connectivity index (χ0v) is 15.6. The molecule has 0 spiro atoms. The molecular formula is C20H18S3. The van der Waals surface area contributed by atoms with Crippen LogP contribution in [0.5, 0.6) is 0 Å². The van der Waals surface area contributed by atoms with Crippen molar-refractivity contribution >= 4 is 36.2 Å². The lowest BCUT2D eigenvalue weighted by Gasteiger charge is -2.08. The quantitative estimate of drug-likeness (QED) is 0.506. The van der Waals surface area contributed by atoms with Crippen LogP contribution >= 0.6 is 36.2 Å². The van der Waals surface area contributed by atoms with Crippen LogP contribution in [0.4, 0.5) is 0 Å². The topological polar surface area (TPSA) is 0 Å². The van der Waals surface area contributed by atoms with Gasteiger partial charge in [0, 0.05) is 24.5 Å². The van der Waals surface area contributed by atoms with Gasteiger partial charge in [0.05, 0.1) is 0 Å². The van der Waals surface area contributed by atoms with Crippen LogP contribution in [0.15, 0.2) is 91.2 Å². The van der Waals surface area contributed by atoms with Gasteiger partial charge in [0.1, 0.15) is 0 Å². The molecule has 0 N–H and O–H groups in total. The Morgan fingerprint density at radius 1 is 0.565 bits per heavy atom. The van der Waals surface area contributed by atoms with Gasteiger partial charge in [-0.2, -0.15) is 0 Å². The Labute approximate surface area is 152 Å². The summed E-state index contributed by atoms with van der Waals surface area (Å²) in [6, 6.07) is 23.7. The average Bonchev–Trinajstić information content (AvgIpc) is 2.51. The van der Waals surface area contributed by atoms with Crippen molar-refractivity contribution in [3.05, 3.63) is 77.9 Å². The minimum absolute atomic E-state index is 0.997. The molecular weight excluding hydrogens is 336 g/mol. The number of hydrogen-bond acceptors (Lipinski definition) is 3. The standard InChI is InChI=1S/C20H18S3/c1-14-3-7-17(8-4-14)22-19-11-16(21)12-20(13-19)23-18-9-5-15(2)6-10-18/h3-13,21H,1-2H3. The van der Waals surface area contributed by atoms with Gasteiger partial charge in [-0.3, -0.25) is 0 Å². The third-order valence-corrected chi connectivity index (χ3v) is 5.59.